The predicted molar refractivity (Wildman–Crippen MR) is 172 cm³/mol. The summed E-state index contributed by atoms with van der Waals surface area (Å²) in [4.78, 5) is 19.7. The Balaban J connectivity index is 1.33. The maximum atomic E-state index is 14.0. The van der Waals surface area contributed by atoms with E-state index in [9.17, 15) is 9.18 Å². The van der Waals surface area contributed by atoms with Crippen LogP contribution in [0.15, 0.2) is 115 Å². The molecule has 1 unspecified atom stereocenters. The smallest absolute Gasteiger partial charge is 0.271 e. The summed E-state index contributed by atoms with van der Waals surface area (Å²) in [6, 6.07) is 28.3. The zero-order chi connectivity index (χ0) is 28.8. The van der Waals surface area contributed by atoms with Crippen LogP contribution in [0, 0.1) is 5.82 Å². The Morgan fingerprint density at radius 3 is 2.43 bits per heavy atom. The maximum Gasteiger partial charge on any atom is 0.271 e. The van der Waals surface area contributed by atoms with Gasteiger partial charge in [0, 0.05) is 5.56 Å². The van der Waals surface area contributed by atoms with E-state index in [0.717, 1.165) is 55.3 Å². The van der Waals surface area contributed by atoms with Crippen LogP contribution in [0.5, 0.6) is 5.75 Å². The first-order valence-electron chi connectivity index (χ1n) is 13.5. The molecule has 0 radical (unpaired) electrons. The topological polar surface area (TPSA) is 43.6 Å². The molecular weight excluding hydrogens is 679 g/mol. The zero-order valence-corrected chi connectivity index (χ0v) is 26.2. The number of aromatic nitrogens is 1. The molecule has 0 fully saturated rings. The SMILES string of the molecule is O=c1/c(=C/c2cc(Br)c(OCc3ccccc3)c(Br)c2)sc2n1C(c1ccc(F)cc1)C1=C(N=2)c2ccccc2CC1. The summed E-state index contributed by atoms with van der Waals surface area (Å²) in [5.41, 5.74) is 7.03. The van der Waals surface area contributed by atoms with E-state index in [0.29, 0.717) is 21.7 Å². The van der Waals surface area contributed by atoms with Gasteiger partial charge in [-0.05, 0) is 103 Å². The van der Waals surface area contributed by atoms with Gasteiger partial charge in [0.1, 0.15) is 18.2 Å². The number of ether oxygens (including phenoxy) is 1. The molecule has 8 heteroatoms. The van der Waals surface area contributed by atoms with Crippen LogP contribution in [0.2, 0.25) is 0 Å². The van der Waals surface area contributed by atoms with Crippen LogP contribution >= 0.6 is 43.2 Å². The summed E-state index contributed by atoms with van der Waals surface area (Å²) >= 11 is 8.68. The van der Waals surface area contributed by atoms with Gasteiger partial charge in [0.05, 0.1) is 25.2 Å². The second-order valence-corrected chi connectivity index (χ2v) is 13.0. The summed E-state index contributed by atoms with van der Waals surface area (Å²) in [5, 5.41) is 0. The van der Waals surface area contributed by atoms with Crippen LogP contribution in [0.3, 0.4) is 0 Å². The Labute approximate surface area is 262 Å². The number of nitrogens with zero attached hydrogens (tertiary/aromatic N) is 2. The van der Waals surface area contributed by atoms with Crippen LogP contribution < -0.4 is 19.6 Å². The lowest BCUT2D eigenvalue weighted by Gasteiger charge is -2.30. The predicted octanol–water partition coefficient (Wildman–Crippen LogP) is 7.56. The average molecular weight is 702 g/mol. The Morgan fingerprint density at radius 1 is 0.952 bits per heavy atom. The second-order valence-electron chi connectivity index (χ2n) is 10.3. The number of allylic oxidation sites excluding steroid dienone is 1. The van der Waals surface area contributed by atoms with Gasteiger partial charge in [-0.25, -0.2) is 9.38 Å². The fourth-order valence-electron chi connectivity index (χ4n) is 5.65. The number of aryl methyl sites for hydroxylation is 1. The van der Waals surface area contributed by atoms with Gasteiger partial charge in [-0.1, -0.05) is 78.1 Å². The molecule has 1 aliphatic heterocycles. The van der Waals surface area contributed by atoms with E-state index in [2.05, 4.69) is 44.0 Å². The van der Waals surface area contributed by atoms with E-state index in [1.165, 1.54) is 29.0 Å². The van der Waals surface area contributed by atoms with Crippen molar-refractivity contribution in [2.24, 2.45) is 4.99 Å². The molecule has 1 aromatic heterocycles. The van der Waals surface area contributed by atoms with Crippen molar-refractivity contribution < 1.29 is 9.13 Å². The van der Waals surface area contributed by atoms with E-state index >= 15 is 0 Å². The molecule has 0 saturated carbocycles. The van der Waals surface area contributed by atoms with E-state index in [4.69, 9.17) is 9.73 Å². The summed E-state index contributed by atoms with van der Waals surface area (Å²) in [7, 11) is 0. The number of rotatable bonds is 5. The second kappa shape index (κ2) is 11.2. The molecule has 2 heterocycles. The van der Waals surface area contributed by atoms with Gasteiger partial charge >= 0.3 is 0 Å². The molecule has 4 aromatic carbocycles. The standard InChI is InChI=1S/C34H23Br2FN2O2S/c35-27-16-21(17-28(36)32(27)41-19-20-6-2-1-3-7-20)18-29-33(40)39-31(23-10-13-24(37)14-11-23)26-15-12-22-8-4-5-9-25(22)30(26)38-34(39)42-29/h1-11,13-14,16-18,31H,12,15,19H2/b29-18-. The minimum absolute atomic E-state index is 0.116. The molecule has 1 atom stereocenters. The van der Waals surface area contributed by atoms with Crippen LogP contribution in [0.1, 0.15) is 40.3 Å². The van der Waals surface area contributed by atoms with Crippen molar-refractivity contribution in [1.82, 2.24) is 4.57 Å². The molecule has 4 nitrogen and oxygen atoms in total. The third-order valence-electron chi connectivity index (χ3n) is 7.60. The van der Waals surface area contributed by atoms with Crippen molar-refractivity contribution in [2.75, 3.05) is 0 Å². The Kier molecular flexibility index (Phi) is 7.30. The molecule has 0 amide bonds. The molecule has 0 spiro atoms. The van der Waals surface area contributed by atoms with E-state index in [1.54, 1.807) is 16.7 Å². The number of hydrogen-bond donors (Lipinski definition) is 0. The first kappa shape index (κ1) is 27.3. The summed E-state index contributed by atoms with van der Waals surface area (Å²) in [6.45, 7) is 0.438. The lowest BCUT2D eigenvalue weighted by atomic mass is 9.83. The molecule has 0 bridgehead atoms. The lowest BCUT2D eigenvalue weighted by Crippen LogP contribution is -2.38. The zero-order valence-electron chi connectivity index (χ0n) is 22.2. The average Bonchev–Trinajstić information content (AvgIpc) is 3.30. The fourth-order valence-corrected chi connectivity index (χ4v) is 8.10. The monoisotopic (exact) mass is 700 g/mol. The van der Waals surface area contributed by atoms with Crippen molar-refractivity contribution >= 4 is 55.0 Å². The van der Waals surface area contributed by atoms with Crippen LogP contribution in [-0.4, -0.2) is 4.57 Å². The number of benzene rings is 4. The van der Waals surface area contributed by atoms with Crippen molar-refractivity contribution in [3.05, 3.63) is 159 Å². The van der Waals surface area contributed by atoms with E-state index in [-0.39, 0.29) is 17.4 Å². The normalized spacial score (nSPS) is 16.0. The molecule has 0 saturated heterocycles. The maximum absolute atomic E-state index is 14.0. The molecular formula is C34H23Br2FN2O2S. The molecule has 5 aromatic rings. The third kappa shape index (κ3) is 5.02. The largest absolute Gasteiger partial charge is 0.487 e. The number of hydrogen-bond acceptors (Lipinski definition) is 4. The number of thiazole rings is 1. The van der Waals surface area contributed by atoms with Crippen molar-refractivity contribution in [3.63, 3.8) is 0 Å². The molecule has 208 valence electrons. The third-order valence-corrected chi connectivity index (χ3v) is 9.76. The Bertz CT molecular complexity index is 2030. The molecule has 2 aliphatic rings. The fraction of sp³-hybridized carbons (Fsp3) is 0.118. The Morgan fingerprint density at radius 2 is 1.67 bits per heavy atom. The first-order chi connectivity index (χ1) is 20.5. The van der Waals surface area contributed by atoms with E-state index < -0.39 is 0 Å². The number of fused-ring (bicyclic) bond motifs is 3. The summed E-state index contributed by atoms with van der Waals surface area (Å²) in [6.07, 6.45) is 3.54. The number of halogens is 3. The van der Waals surface area contributed by atoms with Crippen LogP contribution in [0.4, 0.5) is 4.39 Å². The van der Waals surface area contributed by atoms with Gasteiger partial charge in [-0.15, -0.1) is 0 Å². The highest BCUT2D eigenvalue weighted by molar-refractivity contribution is 9.11. The van der Waals surface area contributed by atoms with Crippen molar-refractivity contribution in [3.8, 4) is 5.75 Å². The highest BCUT2D eigenvalue weighted by Gasteiger charge is 2.32. The molecule has 42 heavy (non-hydrogen) atoms. The van der Waals surface area contributed by atoms with Gasteiger partial charge in [-0.2, -0.15) is 0 Å². The Hall–Kier alpha value is -3.59. The molecule has 7 rings (SSSR count). The lowest BCUT2D eigenvalue weighted by molar-refractivity contribution is 0.302. The van der Waals surface area contributed by atoms with Crippen molar-refractivity contribution in [2.45, 2.75) is 25.5 Å². The highest BCUT2D eigenvalue weighted by atomic mass is 79.9. The minimum atomic E-state index is -0.348. The molecule has 1 aliphatic carbocycles. The van der Waals surface area contributed by atoms with E-state index in [1.807, 2.05) is 60.7 Å². The first-order valence-corrected chi connectivity index (χ1v) is 15.9. The van der Waals surface area contributed by atoms with Gasteiger partial charge in [0.15, 0.2) is 4.80 Å². The van der Waals surface area contributed by atoms with Crippen LogP contribution in [0.25, 0.3) is 11.8 Å². The van der Waals surface area contributed by atoms with Gasteiger partial charge in [-0.3, -0.25) is 9.36 Å². The summed E-state index contributed by atoms with van der Waals surface area (Å²) in [5.74, 6) is 0.391. The van der Waals surface area contributed by atoms with Gasteiger partial charge in [0.2, 0.25) is 0 Å². The van der Waals surface area contributed by atoms with Crippen LogP contribution in [-0.2, 0) is 13.0 Å². The summed E-state index contributed by atoms with van der Waals surface area (Å²) < 4.78 is 23.9. The van der Waals surface area contributed by atoms with Gasteiger partial charge < -0.3 is 4.74 Å². The highest BCUT2D eigenvalue weighted by Crippen LogP contribution is 2.41. The minimum Gasteiger partial charge on any atom is -0.487 e. The van der Waals surface area contributed by atoms with Crippen molar-refractivity contribution in [1.29, 1.82) is 0 Å². The molecule has 0 N–H and O–H groups in total. The van der Waals surface area contributed by atoms with Gasteiger partial charge in [0.25, 0.3) is 5.56 Å². The quantitative estimate of drug-likeness (QED) is 0.190.